The largest absolute Gasteiger partial charge is 0.482 e. The van der Waals surface area contributed by atoms with Gasteiger partial charge in [-0.1, -0.05) is 35.3 Å². The minimum Gasteiger partial charge on any atom is -0.482 e. The lowest BCUT2D eigenvalue weighted by Gasteiger charge is -2.11. The Morgan fingerprint density at radius 3 is 2.79 bits per heavy atom. The van der Waals surface area contributed by atoms with E-state index >= 15 is 0 Å². The van der Waals surface area contributed by atoms with Crippen LogP contribution in [0.15, 0.2) is 16.7 Å². The second-order valence-corrected chi connectivity index (χ2v) is 4.67. The van der Waals surface area contributed by atoms with Gasteiger partial charge in [0.15, 0.2) is 12.4 Å². The summed E-state index contributed by atoms with van der Waals surface area (Å²) in [4.78, 5) is 4.14. The van der Waals surface area contributed by atoms with Crippen LogP contribution in [-0.4, -0.2) is 10.1 Å². The van der Waals surface area contributed by atoms with Crippen molar-refractivity contribution in [3.63, 3.8) is 0 Å². The molecule has 0 fully saturated rings. The summed E-state index contributed by atoms with van der Waals surface area (Å²) in [6, 6.07) is 3.32. The third-order valence-corrected chi connectivity index (χ3v) is 2.97. The van der Waals surface area contributed by atoms with Crippen LogP contribution < -0.4 is 10.5 Å². The maximum absolute atomic E-state index is 6.08. The van der Waals surface area contributed by atoms with Crippen LogP contribution in [0.3, 0.4) is 0 Å². The number of hydrogen-bond donors (Lipinski definition) is 1. The Balaban J connectivity index is 2.14. The molecule has 0 radical (unpaired) electrons. The number of halogens is 2. The molecule has 0 unspecified atom stereocenters. The topological polar surface area (TPSA) is 74.2 Å². The van der Waals surface area contributed by atoms with Crippen molar-refractivity contribution in [3.8, 4) is 5.75 Å². The quantitative estimate of drug-likeness (QED) is 0.919. The van der Waals surface area contributed by atoms with Crippen molar-refractivity contribution in [2.45, 2.75) is 26.5 Å². The molecule has 2 aromatic rings. The Morgan fingerprint density at radius 1 is 1.37 bits per heavy atom. The molecule has 102 valence electrons. The van der Waals surface area contributed by atoms with E-state index in [0.29, 0.717) is 33.9 Å². The molecule has 0 aliphatic carbocycles. The highest BCUT2D eigenvalue weighted by atomic mass is 35.5. The van der Waals surface area contributed by atoms with E-state index in [-0.39, 0.29) is 13.2 Å². The number of nitrogens with two attached hydrogens (primary N) is 1. The average molecular weight is 302 g/mol. The maximum atomic E-state index is 6.08. The number of rotatable bonds is 5. The van der Waals surface area contributed by atoms with E-state index in [4.69, 9.17) is 38.2 Å². The molecule has 1 heterocycles. The zero-order valence-corrected chi connectivity index (χ0v) is 11.8. The van der Waals surface area contributed by atoms with Crippen molar-refractivity contribution >= 4 is 23.2 Å². The lowest BCUT2D eigenvalue weighted by molar-refractivity contribution is 0.241. The maximum Gasteiger partial charge on any atom is 0.264 e. The number of aromatic nitrogens is 2. The first-order valence-electron chi connectivity index (χ1n) is 5.76. The summed E-state index contributed by atoms with van der Waals surface area (Å²) in [6.45, 7) is 2.36. The average Bonchev–Trinajstić information content (AvgIpc) is 2.84. The summed E-state index contributed by atoms with van der Waals surface area (Å²) in [7, 11) is 0. The highest BCUT2D eigenvalue weighted by molar-refractivity contribution is 6.35. The fraction of sp³-hybridized carbons (Fsp3) is 0.333. The molecule has 0 aliphatic heterocycles. The molecule has 19 heavy (non-hydrogen) atoms. The van der Waals surface area contributed by atoms with Gasteiger partial charge in [-0.3, -0.25) is 0 Å². The lowest BCUT2D eigenvalue weighted by atomic mass is 10.2. The van der Waals surface area contributed by atoms with Gasteiger partial charge in [-0.25, -0.2) is 0 Å². The number of aryl methyl sites for hydroxylation is 1. The smallest absolute Gasteiger partial charge is 0.264 e. The van der Waals surface area contributed by atoms with Crippen molar-refractivity contribution in [2.75, 3.05) is 0 Å². The second-order valence-electron chi connectivity index (χ2n) is 3.83. The van der Waals surface area contributed by atoms with E-state index in [1.165, 1.54) is 0 Å². The standard InChI is InChI=1S/C12H13Cl2N3O2/c1-2-10-16-11(19-17-10)6-18-12-7(5-15)3-8(13)4-9(12)14/h3-4H,2,5-6,15H2,1H3. The van der Waals surface area contributed by atoms with Gasteiger partial charge in [-0.05, 0) is 12.1 Å². The summed E-state index contributed by atoms with van der Waals surface area (Å²) >= 11 is 12.0. The predicted octanol–water partition coefficient (Wildman–Crippen LogP) is 2.98. The number of ether oxygens (including phenoxy) is 1. The third kappa shape index (κ3) is 3.37. The molecule has 0 aliphatic rings. The van der Waals surface area contributed by atoms with Crippen molar-refractivity contribution in [3.05, 3.63) is 39.5 Å². The van der Waals surface area contributed by atoms with Gasteiger partial charge in [0.2, 0.25) is 0 Å². The summed E-state index contributed by atoms with van der Waals surface area (Å²) in [5.41, 5.74) is 6.36. The molecule has 1 aromatic carbocycles. The summed E-state index contributed by atoms with van der Waals surface area (Å²) < 4.78 is 10.6. The van der Waals surface area contributed by atoms with Gasteiger partial charge in [0, 0.05) is 23.6 Å². The molecule has 0 amide bonds. The zero-order chi connectivity index (χ0) is 13.8. The van der Waals surface area contributed by atoms with Crippen LogP contribution in [0.4, 0.5) is 0 Å². The fourth-order valence-electron chi connectivity index (χ4n) is 1.55. The molecule has 7 heteroatoms. The van der Waals surface area contributed by atoms with Gasteiger partial charge in [-0.15, -0.1) is 0 Å². The summed E-state index contributed by atoms with van der Waals surface area (Å²) in [5.74, 6) is 1.52. The van der Waals surface area contributed by atoms with Gasteiger partial charge < -0.3 is 15.0 Å². The monoisotopic (exact) mass is 301 g/mol. The molecule has 2 rings (SSSR count). The van der Waals surface area contributed by atoms with E-state index in [9.17, 15) is 0 Å². The molecule has 1 aromatic heterocycles. The van der Waals surface area contributed by atoms with Crippen LogP contribution in [0.25, 0.3) is 0 Å². The first-order chi connectivity index (χ1) is 9.13. The Morgan fingerprint density at radius 2 is 2.16 bits per heavy atom. The minimum absolute atomic E-state index is 0.140. The molecule has 0 spiro atoms. The molecular formula is C12H13Cl2N3O2. The van der Waals surface area contributed by atoms with E-state index in [1.807, 2.05) is 6.92 Å². The van der Waals surface area contributed by atoms with Crippen molar-refractivity contribution in [1.82, 2.24) is 10.1 Å². The Labute approximate surface area is 120 Å². The summed E-state index contributed by atoms with van der Waals surface area (Å²) in [6.07, 6.45) is 0.708. The van der Waals surface area contributed by atoms with Crippen LogP contribution in [0, 0.1) is 0 Å². The van der Waals surface area contributed by atoms with Gasteiger partial charge in [0.25, 0.3) is 5.89 Å². The second kappa shape index (κ2) is 6.23. The van der Waals surface area contributed by atoms with E-state index in [2.05, 4.69) is 10.1 Å². The number of hydrogen-bond acceptors (Lipinski definition) is 5. The number of benzene rings is 1. The van der Waals surface area contributed by atoms with Gasteiger partial charge >= 0.3 is 0 Å². The molecule has 0 bridgehead atoms. The zero-order valence-electron chi connectivity index (χ0n) is 10.3. The van der Waals surface area contributed by atoms with Crippen LogP contribution >= 0.6 is 23.2 Å². The lowest BCUT2D eigenvalue weighted by Crippen LogP contribution is -2.04. The van der Waals surface area contributed by atoms with E-state index in [1.54, 1.807) is 12.1 Å². The van der Waals surface area contributed by atoms with E-state index < -0.39 is 0 Å². The van der Waals surface area contributed by atoms with Crippen LogP contribution in [-0.2, 0) is 19.6 Å². The Kier molecular flexibility index (Phi) is 4.63. The highest BCUT2D eigenvalue weighted by Gasteiger charge is 2.12. The molecule has 5 nitrogen and oxygen atoms in total. The van der Waals surface area contributed by atoms with Crippen LogP contribution in [0.1, 0.15) is 24.2 Å². The van der Waals surface area contributed by atoms with Crippen molar-refractivity contribution in [2.24, 2.45) is 5.73 Å². The predicted molar refractivity (Wildman–Crippen MR) is 72.4 cm³/mol. The van der Waals surface area contributed by atoms with Gasteiger partial charge in [0.05, 0.1) is 5.02 Å². The fourth-order valence-corrected chi connectivity index (χ4v) is 2.14. The normalized spacial score (nSPS) is 10.7. The SMILES string of the molecule is CCc1noc(COc2c(Cl)cc(Cl)cc2CN)n1. The Hall–Kier alpha value is -1.30. The first-order valence-corrected chi connectivity index (χ1v) is 6.51. The highest BCUT2D eigenvalue weighted by Crippen LogP contribution is 2.32. The molecule has 0 atom stereocenters. The van der Waals surface area contributed by atoms with Crippen LogP contribution in [0.5, 0.6) is 5.75 Å². The molecular weight excluding hydrogens is 289 g/mol. The van der Waals surface area contributed by atoms with Gasteiger partial charge in [-0.2, -0.15) is 4.98 Å². The molecule has 0 saturated carbocycles. The third-order valence-electron chi connectivity index (χ3n) is 2.47. The molecule has 0 saturated heterocycles. The van der Waals surface area contributed by atoms with Gasteiger partial charge in [0.1, 0.15) is 5.75 Å². The van der Waals surface area contributed by atoms with Crippen molar-refractivity contribution in [1.29, 1.82) is 0 Å². The first kappa shape index (κ1) is 14.1. The van der Waals surface area contributed by atoms with Crippen LogP contribution in [0.2, 0.25) is 10.0 Å². The Bertz CT molecular complexity index is 572. The number of nitrogens with zero attached hydrogens (tertiary/aromatic N) is 2. The minimum atomic E-state index is 0.140. The molecule has 2 N–H and O–H groups in total. The van der Waals surface area contributed by atoms with Crippen molar-refractivity contribution < 1.29 is 9.26 Å². The van der Waals surface area contributed by atoms with E-state index in [0.717, 1.165) is 5.56 Å². The summed E-state index contributed by atoms with van der Waals surface area (Å²) in [5, 5.41) is 4.70.